The first kappa shape index (κ1) is 24.7. The van der Waals surface area contributed by atoms with Crippen LogP contribution in [0.5, 0.6) is 0 Å². The third-order valence-corrected chi connectivity index (χ3v) is 6.32. The molecule has 0 heterocycles. The Morgan fingerprint density at radius 2 is 1.39 bits per heavy atom. The smallest absolute Gasteiger partial charge is 0.309 e. The Kier molecular flexibility index (Phi) is 9.24. The standard InChI is InChI=1S/C26H44O2/c1-19-18-22(14-10-9-12-17-26(7,8)24(27)28)23(21(3)20(19)2)15-11-13-16-25(4,5)6/h18H,9-17H2,1-8H3,(H,27,28). The van der Waals surface area contributed by atoms with Gasteiger partial charge in [0.05, 0.1) is 5.41 Å². The van der Waals surface area contributed by atoms with Gasteiger partial charge in [-0.15, -0.1) is 0 Å². The summed E-state index contributed by atoms with van der Waals surface area (Å²) in [6.45, 7) is 17.4. The summed E-state index contributed by atoms with van der Waals surface area (Å²) in [6.07, 6.45) is 10.1. The molecule has 2 nitrogen and oxygen atoms in total. The number of hydrogen-bond donors (Lipinski definition) is 1. The lowest BCUT2D eigenvalue weighted by atomic mass is 9.85. The minimum Gasteiger partial charge on any atom is -0.481 e. The van der Waals surface area contributed by atoms with E-state index < -0.39 is 11.4 Å². The molecule has 1 N–H and O–H groups in total. The lowest BCUT2D eigenvalue weighted by Crippen LogP contribution is -2.23. The first-order valence-corrected chi connectivity index (χ1v) is 11.2. The van der Waals surface area contributed by atoms with E-state index in [-0.39, 0.29) is 0 Å². The van der Waals surface area contributed by atoms with Gasteiger partial charge in [0.1, 0.15) is 0 Å². The molecule has 160 valence electrons. The van der Waals surface area contributed by atoms with Crippen LogP contribution in [0.15, 0.2) is 6.07 Å². The molecule has 0 spiro atoms. The van der Waals surface area contributed by atoms with E-state index in [4.69, 9.17) is 0 Å². The van der Waals surface area contributed by atoms with Crippen molar-refractivity contribution in [3.05, 3.63) is 33.9 Å². The number of carbonyl (C=O) groups is 1. The minimum atomic E-state index is -0.685. The summed E-state index contributed by atoms with van der Waals surface area (Å²) in [4.78, 5) is 11.2. The Hall–Kier alpha value is -1.31. The van der Waals surface area contributed by atoms with Crippen molar-refractivity contribution < 1.29 is 9.90 Å². The number of aliphatic carboxylic acids is 1. The predicted octanol–water partition coefficient (Wildman–Crippen LogP) is 7.58. The van der Waals surface area contributed by atoms with Gasteiger partial charge < -0.3 is 5.11 Å². The molecule has 0 saturated carbocycles. The van der Waals surface area contributed by atoms with Crippen molar-refractivity contribution in [2.75, 3.05) is 0 Å². The Morgan fingerprint density at radius 1 is 0.821 bits per heavy atom. The molecule has 0 bridgehead atoms. The van der Waals surface area contributed by atoms with Crippen molar-refractivity contribution in [1.29, 1.82) is 0 Å². The van der Waals surface area contributed by atoms with Crippen LogP contribution in [0.3, 0.4) is 0 Å². The van der Waals surface area contributed by atoms with E-state index in [9.17, 15) is 9.90 Å². The quantitative estimate of drug-likeness (QED) is 0.397. The van der Waals surface area contributed by atoms with E-state index in [0.29, 0.717) is 5.41 Å². The van der Waals surface area contributed by atoms with Gasteiger partial charge in [0.25, 0.3) is 0 Å². The number of carboxylic acid groups (broad SMARTS) is 1. The van der Waals surface area contributed by atoms with Crippen LogP contribution in [0.2, 0.25) is 0 Å². The maximum Gasteiger partial charge on any atom is 0.309 e. The molecule has 1 aromatic rings. The normalized spacial score (nSPS) is 12.4. The zero-order chi connectivity index (χ0) is 21.5. The molecule has 0 aliphatic carbocycles. The van der Waals surface area contributed by atoms with Gasteiger partial charge >= 0.3 is 5.97 Å². The van der Waals surface area contributed by atoms with Crippen LogP contribution in [0, 0.1) is 31.6 Å². The highest BCUT2D eigenvalue weighted by Gasteiger charge is 2.26. The zero-order valence-corrected chi connectivity index (χ0v) is 19.8. The maximum atomic E-state index is 11.2. The molecule has 0 aliphatic heterocycles. The van der Waals surface area contributed by atoms with Crippen LogP contribution >= 0.6 is 0 Å². The van der Waals surface area contributed by atoms with Crippen LogP contribution in [0.25, 0.3) is 0 Å². The molecule has 0 amide bonds. The van der Waals surface area contributed by atoms with Gasteiger partial charge in [-0.2, -0.15) is 0 Å². The summed E-state index contributed by atoms with van der Waals surface area (Å²) in [7, 11) is 0. The van der Waals surface area contributed by atoms with Gasteiger partial charge in [-0.3, -0.25) is 4.79 Å². The van der Waals surface area contributed by atoms with Gasteiger partial charge in [0, 0.05) is 0 Å². The molecular weight excluding hydrogens is 344 g/mol. The van der Waals surface area contributed by atoms with Crippen molar-refractivity contribution in [2.45, 2.75) is 113 Å². The second kappa shape index (κ2) is 10.5. The lowest BCUT2D eigenvalue weighted by molar-refractivity contribution is -0.147. The Balaban J connectivity index is 2.67. The van der Waals surface area contributed by atoms with Gasteiger partial charge in [-0.05, 0) is 106 Å². The largest absolute Gasteiger partial charge is 0.481 e. The molecule has 1 aromatic carbocycles. The SMILES string of the molecule is Cc1cc(CCCCCC(C)(C)C(=O)O)c(CCCCC(C)(C)C)c(C)c1C. The first-order valence-electron chi connectivity index (χ1n) is 11.2. The highest BCUT2D eigenvalue weighted by molar-refractivity contribution is 5.73. The van der Waals surface area contributed by atoms with Crippen LogP contribution in [0.4, 0.5) is 0 Å². The summed E-state index contributed by atoms with van der Waals surface area (Å²) >= 11 is 0. The Labute approximate surface area is 174 Å². The number of carboxylic acids is 1. The summed E-state index contributed by atoms with van der Waals surface area (Å²) < 4.78 is 0. The monoisotopic (exact) mass is 388 g/mol. The minimum absolute atomic E-state index is 0.421. The van der Waals surface area contributed by atoms with E-state index in [1.165, 1.54) is 47.9 Å². The molecule has 1 rings (SSSR count). The second-order valence-electron chi connectivity index (χ2n) is 10.6. The molecule has 2 heteroatoms. The van der Waals surface area contributed by atoms with Gasteiger partial charge in [0.15, 0.2) is 0 Å². The topological polar surface area (TPSA) is 37.3 Å². The number of unbranched alkanes of at least 4 members (excludes halogenated alkanes) is 3. The van der Waals surface area contributed by atoms with Gasteiger partial charge in [-0.25, -0.2) is 0 Å². The Morgan fingerprint density at radius 3 is 1.96 bits per heavy atom. The van der Waals surface area contributed by atoms with Crippen LogP contribution in [-0.4, -0.2) is 11.1 Å². The van der Waals surface area contributed by atoms with Gasteiger partial charge in [0.2, 0.25) is 0 Å². The van der Waals surface area contributed by atoms with Crippen molar-refractivity contribution >= 4 is 5.97 Å². The predicted molar refractivity (Wildman–Crippen MR) is 121 cm³/mol. The molecule has 0 aliphatic rings. The van der Waals surface area contributed by atoms with Crippen molar-refractivity contribution in [2.24, 2.45) is 10.8 Å². The molecule has 0 atom stereocenters. The zero-order valence-electron chi connectivity index (χ0n) is 19.8. The molecule has 0 fully saturated rings. The summed E-state index contributed by atoms with van der Waals surface area (Å²) in [5.74, 6) is -0.685. The molecule has 28 heavy (non-hydrogen) atoms. The maximum absolute atomic E-state index is 11.2. The van der Waals surface area contributed by atoms with Crippen molar-refractivity contribution in [3.8, 4) is 0 Å². The summed E-state index contributed by atoms with van der Waals surface area (Å²) in [5, 5.41) is 9.25. The van der Waals surface area contributed by atoms with Gasteiger partial charge in [-0.1, -0.05) is 46.1 Å². The van der Waals surface area contributed by atoms with Crippen LogP contribution in [0.1, 0.15) is 107 Å². The third-order valence-electron chi connectivity index (χ3n) is 6.32. The van der Waals surface area contributed by atoms with Crippen LogP contribution < -0.4 is 0 Å². The van der Waals surface area contributed by atoms with E-state index >= 15 is 0 Å². The average molecular weight is 389 g/mol. The molecule has 0 radical (unpaired) electrons. The first-order chi connectivity index (χ1) is 12.8. The highest BCUT2D eigenvalue weighted by atomic mass is 16.4. The molecule has 0 unspecified atom stereocenters. The fourth-order valence-corrected chi connectivity index (χ4v) is 3.91. The molecule has 0 saturated heterocycles. The molecule has 0 aromatic heterocycles. The van der Waals surface area contributed by atoms with E-state index in [0.717, 1.165) is 32.1 Å². The van der Waals surface area contributed by atoms with E-state index in [1.54, 1.807) is 5.56 Å². The fourth-order valence-electron chi connectivity index (χ4n) is 3.91. The number of benzene rings is 1. The Bertz CT molecular complexity index is 647. The van der Waals surface area contributed by atoms with E-state index in [2.05, 4.69) is 47.6 Å². The second-order valence-corrected chi connectivity index (χ2v) is 10.6. The third kappa shape index (κ3) is 7.97. The molecular formula is C26H44O2. The number of aryl methyl sites for hydroxylation is 2. The van der Waals surface area contributed by atoms with Crippen LogP contribution in [-0.2, 0) is 17.6 Å². The number of rotatable bonds is 11. The summed E-state index contributed by atoms with van der Waals surface area (Å²) in [6, 6.07) is 2.41. The van der Waals surface area contributed by atoms with Crippen molar-refractivity contribution in [3.63, 3.8) is 0 Å². The fraction of sp³-hybridized carbons (Fsp3) is 0.731. The van der Waals surface area contributed by atoms with E-state index in [1.807, 2.05) is 13.8 Å². The average Bonchev–Trinajstić information content (AvgIpc) is 2.57. The lowest BCUT2D eigenvalue weighted by Gasteiger charge is -2.20. The van der Waals surface area contributed by atoms with Crippen molar-refractivity contribution in [1.82, 2.24) is 0 Å². The number of hydrogen-bond acceptors (Lipinski definition) is 1. The highest BCUT2D eigenvalue weighted by Crippen LogP contribution is 2.28. The summed E-state index contributed by atoms with van der Waals surface area (Å²) in [5.41, 5.74) is 7.24.